The number of methoxy groups -OCH3 is 1. The van der Waals surface area contributed by atoms with Crippen LogP contribution in [-0.4, -0.2) is 19.0 Å². The normalized spacial score (nSPS) is 12.0. The van der Waals surface area contributed by atoms with Crippen molar-refractivity contribution in [3.8, 4) is 5.75 Å². The Labute approximate surface area is 161 Å². The summed E-state index contributed by atoms with van der Waals surface area (Å²) in [6.45, 7) is 2.06. The van der Waals surface area contributed by atoms with Gasteiger partial charge in [-0.15, -0.1) is 0 Å². The van der Waals surface area contributed by atoms with Crippen LogP contribution in [0.5, 0.6) is 5.75 Å². The van der Waals surface area contributed by atoms with Crippen molar-refractivity contribution < 1.29 is 9.30 Å². The molecule has 0 fully saturated rings. The van der Waals surface area contributed by atoms with Crippen LogP contribution in [-0.2, 0) is 4.57 Å². The predicted molar refractivity (Wildman–Crippen MR) is 115 cm³/mol. The van der Waals surface area contributed by atoms with Crippen LogP contribution in [0.15, 0.2) is 89.9 Å². The molecule has 4 heteroatoms. The van der Waals surface area contributed by atoms with E-state index in [0.29, 0.717) is 6.16 Å². The molecule has 0 spiro atoms. The molecule has 0 saturated heterocycles. The van der Waals surface area contributed by atoms with E-state index in [1.54, 1.807) is 7.11 Å². The lowest BCUT2D eigenvalue weighted by Gasteiger charge is -2.20. The van der Waals surface area contributed by atoms with Crippen molar-refractivity contribution in [2.45, 2.75) is 13.3 Å². The molecule has 3 aromatic rings. The minimum atomic E-state index is -2.80. The summed E-state index contributed by atoms with van der Waals surface area (Å²) >= 11 is 0. The zero-order valence-corrected chi connectivity index (χ0v) is 16.6. The molecular weight excluding hydrogens is 353 g/mol. The molecule has 0 N–H and O–H groups in total. The summed E-state index contributed by atoms with van der Waals surface area (Å²) in [6, 6.07) is 27.1. The number of hydrogen-bond donors (Lipinski definition) is 0. The van der Waals surface area contributed by atoms with Crippen LogP contribution in [0.25, 0.3) is 0 Å². The Balaban J connectivity index is 1.99. The summed E-state index contributed by atoms with van der Waals surface area (Å²) in [5.41, 5.74) is 1.77. The Morgan fingerprint density at radius 1 is 0.852 bits per heavy atom. The molecule has 0 heterocycles. The Morgan fingerprint density at radius 3 is 1.81 bits per heavy atom. The first kappa shape index (κ1) is 19.1. The minimum Gasteiger partial charge on any atom is -0.497 e. The van der Waals surface area contributed by atoms with Gasteiger partial charge in [0.15, 0.2) is 0 Å². The number of rotatable bonds is 7. The number of ether oxygens (including phenoxy) is 1. The third kappa shape index (κ3) is 4.56. The van der Waals surface area contributed by atoms with Gasteiger partial charge in [-0.2, -0.15) is 0 Å². The molecule has 0 aromatic heterocycles. The topological polar surface area (TPSA) is 38.7 Å². The van der Waals surface area contributed by atoms with E-state index in [4.69, 9.17) is 9.73 Å². The Morgan fingerprint density at radius 2 is 1.37 bits per heavy atom. The van der Waals surface area contributed by atoms with Gasteiger partial charge in [0.1, 0.15) is 12.9 Å². The highest BCUT2D eigenvalue weighted by molar-refractivity contribution is 7.79. The van der Waals surface area contributed by atoms with Gasteiger partial charge in [-0.1, -0.05) is 67.6 Å². The first-order valence-corrected chi connectivity index (χ1v) is 11.0. The van der Waals surface area contributed by atoms with Crippen molar-refractivity contribution in [3.63, 3.8) is 0 Å². The van der Waals surface area contributed by atoms with Gasteiger partial charge >= 0.3 is 0 Å². The molecule has 0 unspecified atom stereocenters. The Hall–Kier alpha value is -2.64. The second-order valence-electron chi connectivity index (χ2n) is 6.30. The van der Waals surface area contributed by atoms with Crippen molar-refractivity contribution in [1.29, 1.82) is 0 Å². The van der Waals surface area contributed by atoms with E-state index in [2.05, 4.69) is 6.92 Å². The molecule has 0 bridgehead atoms. The summed E-state index contributed by atoms with van der Waals surface area (Å²) in [5.74, 6) is 0.797. The molecule has 27 heavy (non-hydrogen) atoms. The van der Waals surface area contributed by atoms with Crippen LogP contribution < -0.4 is 15.3 Å². The van der Waals surface area contributed by atoms with Crippen molar-refractivity contribution >= 4 is 29.2 Å². The summed E-state index contributed by atoms with van der Waals surface area (Å²) in [5, 5.41) is 1.74. The summed E-state index contributed by atoms with van der Waals surface area (Å²) in [6.07, 6.45) is 1.18. The summed E-state index contributed by atoms with van der Waals surface area (Å²) in [4.78, 5) is 4.78. The maximum Gasteiger partial charge on any atom is 0.148 e. The highest BCUT2D eigenvalue weighted by atomic mass is 31.2. The number of hydrogen-bond acceptors (Lipinski definition) is 3. The van der Waals surface area contributed by atoms with E-state index in [1.165, 1.54) is 0 Å². The number of benzene rings is 3. The van der Waals surface area contributed by atoms with E-state index in [0.717, 1.165) is 34.2 Å². The van der Waals surface area contributed by atoms with Crippen LogP contribution in [0.3, 0.4) is 0 Å². The largest absolute Gasteiger partial charge is 0.497 e. The van der Waals surface area contributed by atoms with Gasteiger partial charge in [-0.25, -0.2) is 0 Å². The monoisotopic (exact) mass is 377 g/mol. The van der Waals surface area contributed by atoms with Crippen LogP contribution >= 0.6 is 7.14 Å². The molecule has 3 rings (SSSR count). The van der Waals surface area contributed by atoms with Gasteiger partial charge < -0.3 is 9.30 Å². The lowest BCUT2D eigenvalue weighted by molar-refractivity contribution is 0.415. The molecule has 0 radical (unpaired) electrons. The maximum atomic E-state index is 14.2. The van der Waals surface area contributed by atoms with Gasteiger partial charge in [0, 0.05) is 22.5 Å². The summed E-state index contributed by atoms with van der Waals surface area (Å²) < 4.78 is 19.4. The fourth-order valence-electron chi connectivity index (χ4n) is 2.99. The highest BCUT2D eigenvalue weighted by Gasteiger charge is 2.28. The number of aliphatic imine (C=N–C) groups is 1. The lowest BCUT2D eigenvalue weighted by Crippen LogP contribution is -2.22. The predicted octanol–water partition coefficient (Wildman–Crippen LogP) is 5.19. The standard InChI is InChI=1S/C23H24NO2P/c1-3-19(24-20-14-16-21(26-2)17-15-20)18-27(25,22-10-6-4-7-11-22)23-12-8-5-9-13-23/h4-17H,3,18H2,1-2H3. The van der Waals surface area contributed by atoms with Gasteiger partial charge in [0.25, 0.3) is 0 Å². The molecule has 3 nitrogen and oxygen atoms in total. The van der Waals surface area contributed by atoms with Crippen molar-refractivity contribution in [3.05, 3.63) is 84.9 Å². The molecule has 0 atom stereocenters. The smallest absolute Gasteiger partial charge is 0.148 e. The zero-order valence-electron chi connectivity index (χ0n) is 15.7. The molecule has 138 valence electrons. The van der Waals surface area contributed by atoms with Gasteiger partial charge in [-0.05, 0) is 30.7 Å². The summed E-state index contributed by atoms with van der Waals surface area (Å²) in [7, 11) is -1.16. The average molecular weight is 377 g/mol. The first-order chi connectivity index (χ1) is 13.2. The molecule has 0 aliphatic rings. The fourth-order valence-corrected chi connectivity index (χ4v) is 5.77. The quantitative estimate of drug-likeness (QED) is 0.420. The second kappa shape index (κ2) is 8.83. The van der Waals surface area contributed by atoms with E-state index in [9.17, 15) is 4.57 Å². The lowest BCUT2D eigenvalue weighted by atomic mass is 10.3. The van der Waals surface area contributed by atoms with Gasteiger partial charge in [-0.3, -0.25) is 4.99 Å². The molecular formula is C23H24NO2P. The third-order valence-electron chi connectivity index (χ3n) is 4.52. The van der Waals surface area contributed by atoms with E-state index < -0.39 is 7.14 Å². The highest BCUT2D eigenvalue weighted by Crippen LogP contribution is 2.43. The molecule has 0 amide bonds. The van der Waals surface area contributed by atoms with Gasteiger partial charge in [0.2, 0.25) is 0 Å². The van der Waals surface area contributed by atoms with E-state index in [-0.39, 0.29) is 0 Å². The van der Waals surface area contributed by atoms with Crippen molar-refractivity contribution in [1.82, 2.24) is 0 Å². The third-order valence-corrected chi connectivity index (χ3v) is 7.59. The molecule has 0 saturated carbocycles. The van der Waals surface area contributed by atoms with Crippen LogP contribution in [0.4, 0.5) is 5.69 Å². The maximum absolute atomic E-state index is 14.2. The van der Waals surface area contributed by atoms with Crippen molar-refractivity contribution in [2.24, 2.45) is 4.99 Å². The Bertz CT molecular complexity index is 892. The number of nitrogens with zero attached hydrogens (tertiary/aromatic N) is 1. The van der Waals surface area contributed by atoms with Crippen LogP contribution in [0.1, 0.15) is 13.3 Å². The first-order valence-electron chi connectivity index (χ1n) is 9.06. The van der Waals surface area contributed by atoms with Crippen LogP contribution in [0.2, 0.25) is 0 Å². The second-order valence-corrected chi connectivity index (χ2v) is 9.13. The average Bonchev–Trinajstić information content (AvgIpc) is 2.75. The minimum absolute atomic E-state index is 0.434. The van der Waals surface area contributed by atoms with Gasteiger partial charge in [0.05, 0.1) is 12.8 Å². The molecule has 0 aliphatic heterocycles. The molecule has 0 aliphatic carbocycles. The Kier molecular flexibility index (Phi) is 6.26. The molecule has 3 aromatic carbocycles. The van der Waals surface area contributed by atoms with E-state index in [1.807, 2.05) is 84.9 Å². The zero-order chi connectivity index (χ0) is 19.1. The SMILES string of the molecule is CCC(CP(=O)(c1ccccc1)c1ccccc1)=Nc1ccc(OC)cc1. The van der Waals surface area contributed by atoms with Crippen LogP contribution in [0, 0.1) is 0 Å². The van der Waals surface area contributed by atoms with Crippen molar-refractivity contribution in [2.75, 3.05) is 13.3 Å². The van der Waals surface area contributed by atoms with E-state index >= 15 is 0 Å². The fraction of sp³-hybridized carbons (Fsp3) is 0.174.